The molecule has 1 aromatic carbocycles. The third-order valence-electron chi connectivity index (χ3n) is 2.38. The third-order valence-corrected chi connectivity index (χ3v) is 2.38. The summed E-state index contributed by atoms with van der Waals surface area (Å²) in [5, 5.41) is 9.21. The molecule has 0 radical (unpaired) electrons. The van der Waals surface area contributed by atoms with Crippen molar-refractivity contribution in [3.8, 4) is 11.3 Å². The molecule has 2 aromatic rings. The Labute approximate surface area is 92.4 Å². The number of halogens is 1. The van der Waals surface area contributed by atoms with E-state index in [1.807, 2.05) is 0 Å². The molecule has 0 aliphatic carbocycles. The lowest BCUT2D eigenvalue weighted by atomic mass is 10.0. The van der Waals surface area contributed by atoms with E-state index >= 15 is 0 Å². The van der Waals surface area contributed by atoms with Crippen LogP contribution in [0.2, 0.25) is 0 Å². The summed E-state index contributed by atoms with van der Waals surface area (Å²) in [4.78, 5) is 4.06. The Morgan fingerprint density at radius 2 is 2.00 bits per heavy atom. The third kappa shape index (κ3) is 1.75. The predicted octanol–water partition coefficient (Wildman–Crippen LogP) is 1.96. The van der Waals surface area contributed by atoms with Gasteiger partial charge in [0.25, 0.3) is 0 Å². The van der Waals surface area contributed by atoms with Gasteiger partial charge in [-0.3, -0.25) is 4.98 Å². The van der Waals surface area contributed by atoms with E-state index in [0.717, 1.165) is 0 Å². The van der Waals surface area contributed by atoms with Gasteiger partial charge in [-0.1, -0.05) is 12.1 Å². The SMILES string of the molecule is Nc1ccnc(-c2ccccc2F)c1CO. The smallest absolute Gasteiger partial charge is 0.132 e. The zero-order chi connectivity index (χ0) is 11.5. The fourth-order valence-corrected chi connectivity index (χ4v) is 1.56. The second kappa shape index (κ2) is 4.28. The van der Waals surface area contributed by atoms with Gasteiger partial charge in [0, 0.05) is 23.0 Å². The summed E-state index contributed by atoms with van der Waals surface area (Å²) < 4.78 is 13.6. The quantitative estimate of drug-likeness (QED) is 0.810. The highest BCUT2D eigenvalue weighted by atomic mass is 19.1. The molecule has 82 valence electrons. The number of nitrogen functional groups attached to an aromatic ring is 1. The number of aliphatic hydroxyl groups excluding tert-OH is 1. The molecular formula is C12H11FN2O. The zero-order valence-corrected chi connectivity index (χ0v) is 8.52. The number of nitrogens with zero attached hydrogens (tertiary/aromatic N) is 1. The summed E-state index contributed by atoms with van der Waals surface area (Å²) in [5.41, 5.74) is 7.30. The van der Waals surface area contributed by atoms with E-state index in [1.165, 1.54) is 12.3 Å². The molecule has 3 N–H and O–H groups in total. The Kier molecular flexibility index (Phi) is 2.83. The molecule has 0 fully saturated rings. The minimum atomic E-state index is -0.379. The van der Waals surface area contributed by atoms with Crippen LogP contribution in [0.1, 0.15) is 5.56 Å². The minimum absolute atomic E-state index is 0.261. The highest BCUT2D eigenvalue weighted by Gasteiger charge is 2.12. The molecule has 0 bridgehead atoms. The molecule has 0 spiro atoms. The molecular weight excluding hydrogens is 207 g/mol. The molecule has 0 aliphatic rings. The van der Waals surface area contributed by atoms with Gasteiger partial charge in [0.1, 0.15) is 5.82 Å². The molecule has 0 aliphatic heterocycles. The molecule has 1 aromatic heterocycles. The van der Waals surface area contributed by atoms with Crippen LogP contribution in [0.5, 0.6) is 0 Å². The molecule has 3 nitrogen and oxygen atoms in total. The zero-order valence-electron chi connectivity index (χ0n) is 8.52. The van der Waals surface area contributed by atoms with Crippen LogP contribution in [0.3, 0.4) is 0 Å². The molecule has 0 saturated heterocycles. The van der Waals surface area contributed by atoms with E-state index < -0.39 is 0 Å². The Morgan fingerprint density at radius 1 is 1.25 bits per heavy atom. The van der Waals surface area contributed by atoms with E-state index in [1.54, 1.807) is 24.3 Å². The number of benzene rings is 1. The van der Waals surface area contributed by atoms with Crippen molar-refractivity contribution in [2.45, 2.75) is 6.61 Å². The number of hydrogen-bond donors (Lipinski definition) is 2. The maximum absolute atomic E-state index is 13.6. The van der Waals surface area contributed by atoms with Gasteiger partial charge in [-0.25, -0.2) is 4.39 Å². The van der Waals surface area contributed by atoms with Crippen molar-refractivity contribution >= 4 is 5.69 Å². The molecule has 2 rings (SSSR count). The number of rotatable bonds is 2. The van der Waals surface area contributed by atoms with Crippen LogP contribution in [0.15, 0.2) is 36.5 Å². The Bertz CT molecular complexity index is 514. The van der Waals surface area contributed by atoms with E-state index in [4.69, 9.17) is 5.73 Å². The van der Waals surface area contributed by atoms with E-state index in [-0.39, 0.29) is 12.4 Å². The Balaban J connectivity index is 2.65. The van der Waals surface area contributed by atoms with Crippen molar-refractivity contribution in [2.75, 3.05) is 5.73 Å². The van der Waals surface area contributed by atoms with Crippen LogP contribution in [0.25, 0.3) is 11.3 Å². The summed E-state index contributed by atoms with van der Waals surface area (Å²) in [7, 11) is 0. The molecule has 0 unspecified atom stereocenters. The van der Waals surface area contributed by atoms with E-state index in [0.29, 0.717) is 22.5 Å². The maximum Gasteiger partial charge on any atom is 0.132 e. The van der Waals surface area contributed by atoms with E-state index in [2.05, 4.69) is 4.98 Å². The highest BCUT2D eigenvalue weighted by molar-refractivity contribution is 5.69. The summed E-state index contributed by atoms with van der Waals surface area (Å²) in [6.07, 6.45) is 1.50. The number of pyridine rings is 1. The first-order valence-corrected chi connectivity index (χ1v) is 4.83. The van der Waals surface area contributed by atoms with Crippen LogP contribution >= 0.6 is 0 Å². The van der Waals surface area contributed by atoms with Crippen LogP contribution in [0.4, 0.5) is 10.1 Å². The minimum Gasteiger partial charge on any atom is -0.398 e. The molecule has 0 amide bonds. The van der Waals surface area contributed by atoms with Crippen molar-refractivity contribution in [2.24, 2.45) is 0 Å². The van der Waals surface area contributed by atoms with E-state index in [9.17, 15) is 9.50 Å². The van der Waals surface area contributed by atoms with Crippen molar-refractivity contribution in [1.29, 1.82) is 0 Å². The lowest BCUT2D eigenvalue weighted by Crippen LogP contribution is -2.00. The Hall–Kier alpha value is -1.94. The molecule has 1 heterocycles. The monoisotopic (exact) mass is 218 g/mol. The molecule has 0 saturated carbocycles. The summed E-state index contributed by atoms with van der Waals surface area (Å²) in [5.74, 6) is -0.379. The topological polar surface area (TPSA) is 59.1 Å². The molecule has 0 atom stereocenters. The van der Waals surface area contributed by atoms with Crippen LogP contribution in [-0.4, -0.2) is 10.1 Å². The Morgan fingerprint density at radius 3 is 2.69 bits per heavy atom. The largest absolute Gasteiger partial charge is 0.398 e. The second-order valence-corrected chi connectivity index (χ2v) is 3.37. The maximum atomic E-state index is 13.6. The van der Waals surface area contributed by atoms with Gasteiger partial charge < -0.3 is 10.8 Å². The van der Waals surface area contributed by atoms with Crippen LogP contribution < -0.4 is 5.73 Å². The first-order chi connectivity index (χ1) is 7.74. The average molecular weight is 218 g/mol. The van der Waals surface area contributed by atoms with Gasteiger partial charge >= 0.3 is 0 Å². The number of hydrogen-bond acceptors (Lipinski definition) is 3. The summed E-state index contributed by atoms with van der Waals surface area (Å²) in [6, 6.07) is 7.85. The predicted molar refractivity (Wildman–Crippen MR) is 60.0 cm³/mol. The fraction of sp³-hybridized carbons (Fsp3) is 0.0833. The summed E-state index contributed by atoms with van der Waals surface area (Å²) in [6.45, 7) is -0.261. The standard InChI is InChI=1S/C12H11FN2O/c13-10-4-2-1-3-8(10)12-9(7-16)11(14)5-6-15-12/h1-6,16H,7H2,(H2,14,15). The van der Waals surface area contributed by atoms with Gasteiger partial charge in [0.2, 0.25) is 0 Å². The number of aliphatic hydroxyl groups is 1. The van der Waals surface area contributed by atoms with Gasteiger partial charge in [0.15, 0.2) is 0 Å². The highest BCUT2D eigenvalue weighted by Crippen LogP contribution is 2.27. The number of aromatic nitrogens is 1. The molecule has 16 heavy (non-hydrogen) atoms. The van der Waals surface area contributed by atoms with Gasteiger partial charge in [-0.05, 0) is 18.2 Å². The van der Waals surface area contributed by atoms with Crippen molar-refractivity contribution in [1.82, 2.24) is 4.98 Å². The fourth-order valence-electron chi connectivity index (χ4n) is 1.56. The van der Waals surface area contributed by atoms with Crippen molar-refractivity contribution < 1.29 is 9.50 Å². The number of anilines is 1. The van der Waals surface area contributed by atoms with Gasteiger partial charge in [-0.15, -0.1) is 0 Å². The lowest BCUT2D eigenvalue weighted by Gasteiger charge is -2.09. The normalized spacial score (nSPS) is 10.4. The van der Waals surface area contributed by atoms with Crippen molar-refractivity contribution in [3.63, 3.8) is 0 Å². The van der Waals surface area contributed by atoms with Gasteiger partial charge in [-0.2, -0.15) is 0 Å². The first-order valence-electron chi connectivity index (χ1n) is 4.83. The van der Waals surface area contributed by atoms with Crippen LogP contribution in [-0.2, 0) is 6.61 Å². The average Bonchev–Trinajstić information content (AvgIpc) is 2.29. The number of nitrogens with two attached hydrogens (primary N) is 1. The lowest BCUT2D eigenvalue weighted by molar-refractivity contribution is 0.282. The van der Waals surface area contributed by atoms with Crippen molar-refractivity contribution in [3.05, 3.63) is 47.9 Å². The summed E-state index contributed by atoms with van der Waals surface area (Å²) >= 11 is 0. The molecule has 4 heteroatoms. The van der Waals surface area contributed by atoms with Crippen LogP contribution in [0, 0.1) is 5.82 Å². The second-order valence-electron chi connectivity index (χ2n) is 3.37. The first kappa shape index (κ1) is 10.6. The van der Waals surface area contributed by atoms with Gasteiger partial charge in [0.05, 0.1) is 12.3 Å².